The van der Waals surface area contributed by atoms with Gasteiger partial charge in [-0.1, -0.05) is 18.2 Å². The van der Waals surface area contributed by atoms with Gasteiger partial charge in [0, 0.05) is 6.92 Å². The first-order chi connectivity index (χ1) is 6.75. The van der Waals surface area contributed by atoms with Crippen molar-refractivity contribution in [2.45, 2.75) is 18.7 Å². The number of hydrogen-bond donors (Lipinski definition) is 2. The zero-order valence-corrected chi connectivity index (χ0v) is 9.28. The van der Waals surface area contributed by atoms with Crippen LogP contribution < -0.4 is 5.14 Å². The molecule has 0 saturated heterocycles. The Balaban J connectivity index is 0.000000423. The zero-order chi connectivity index (χ0) is 12.1. The molecule has 1 aromatic rings. The number of benzene rings is 1. The van der Waals surface area contributed by atoms with Crippen LogP contribution in [0.15, 0.2) is 29.2 Å². The molecule has 84 valence electrons. The topological polar surface area (TPSA) is 97.5 Å². The van der Waals surface area contributed by atoms with E-state index >= 15 is 0 Å². The predicted molar refractivity (Wildman–Crippen MR) is 55.9 cm³/mol. The monoisotopic (exact) mass is 231 g/mol. The average molecular weight is 231 g/mol. The molecule has 0 aromatic heterocycles. The number of carbonyl (C=O) groups is 1. The van der Waals surface area contributed by atoms with Crippen LogP contribution in [0.25, 0.3) is 0 Å². The highest BCUT2D eigenvalue weighted by Crippen LogP contribution is 2.10. The van der Waals surface area contributed by atoms with E-state index in [0.29, 0.717) is 5.56 Å². The molecule has 0 unspecified atom stereocenters. The van der Waals surface area contributed by atoms with Gasteiger partial charge >= 0.3 is 0 Å². The van der Waals surface area contributed by atoms with Gasteiger partial charge in [-0.3, -0.25) is 4.79 Å². The summed E-state index contributed by atoms with van der Waals surface area (Å²) in [4.78, 5) is 9.19. The number of nitrogens with two attached hydrogens (primary N) is 1. The standard InChI is InChI=1S/C7H9NO2S.C2H4O2/c1-6-4-2-3-5-7(6)11(8,9)10;1-2(3)4/h2-5H,1H3,(H2,8,9,10);1H3,(H,3,4). The Hall–Kier alpha value is -1.40. The molecule has 0 aliphatic heterocycles. The highest BCUT2D eigenvalue weighted by Gasteiger charge is 2.08. The molecule has 0 spiro atoms. The summed E-state index contributed by atoms with van der Waals surface area (Å²) in [6.07, 6.45) is 0. The van der Waals surface area contributed by atoms with Crippen LogP contribution in [-0.4, -0.2) is 19.5 Å². The molecule has 0 bridgehead atoms. The summed E-state index contributed by atoms with van der Waals surface area (Å²) in [7, 11) is -3.53. The molecule has 1 rings (SSSR count). The van der Waals surface area contributed by atoms with Crippen LogP contribution in [-0.2, 0) is 14.8 Å². The van der Waals surface area contributed by atoms with Gasteiger partial charge in [0.2, 0.25) is 10.0 Å². The van der Waals surface area contributed by atoms with Gasteiger partial charge in [0.25, 0.3) is 5.97 Å². The smallest absolute Gasteiger partial charge is 0.300 e. The van der Waals surface area contributed by atoms with Gasteiger partial charge in [0.1, 0.15) is 0 Å². The van der Waals surface area contributed by atoms with Crippen molar-refractivity contribution in [3.05, 3.63) is 29.8 Å². The molecule has 0 aliphatic rings. The van der Waals surface area contributed by atoms with E-state index in [2.05, 4.69) is 0 Å². The van der Waals surface area contributed by atoms with Gasteiger partial charge in [0.05, 0.1) is 4.90 Å². The summed E-state index contributed by atoms with van der Waals surface area (Å²) in [6.45, 7) is 2.79. The van der Waals surface area contributed by atoms with Gasteiger partial charge < -0.3 is 5.11 Å². The third kappa shape index (κ3) is 5.82. The maximum Gasteiger partial charge on any atom is 0.300 e. The lowest BCUT2D eigenvalue weighted by Crippen LogP contribution is -2.13. The van der Waals surface area contributed by atoms with E-state index in [1.807, 2.05) is 0 Å². The Labute approximate surface area is 88.6 Å². The third-order valence-electron chi connectivity index (χ3n) is 1.40. The first-order valence-corrected chi connectivity index (χ1v) is 5.57. The van der Waals surface area contributed by atoms with E-state index in [1.54, 1.807) is 25.1 Å². The lowest BCUT2D eigenvalue weighted by Gasteiger charge is -2.00. The number of carboxylic acid groups (broad SMARTS) is 1. The van der Waals surface area contributed by atoms with Crippen molar-refractivity contribution >= 4 is 16.0 Å². The van der Waals surface area contributed by atoms with Gasteiger partial charge in [-0.15, -0.1) is 0 Å². The minimum atomic E-state index is -3.53. The molecular weight excluding hydrogens is 218 g/mol. The fraction of sp³-hybridized carbons (Fsp3) is 0.222. The van der Waals surface area contributed by atoms with E-state index < -0.39 is 16.0 Å². The van der Waals surface area contributed by atoms with E-state index in [-0.39, 0.29) is 4.90 Å². The molecule has 0 heterocycles. The van der Waals surface area contributed by atoms with Gasteiger partial charge in [-0.2, -0.15) is 0 Å². The summed E-state index contributed by atoms with van der Waals surface area (Å²) >= 11 is 0. The minimum absolute atomic E-state index is 0.194. The van der Waals surface area contributed by atoms with E-state index in [0.717, 1.165) is 6.92 Å². The van der Waals surface area contributed by atoms with Crippen molar-refractivity contribution in [3.63, 3.8) is 0 Å². The molecule has 6 heteroatoms. The molecule has 0 radical (unpaired) electrons. The maximum atomic E-state index is 10.8. The molecule has 0 fully saturated rings. The van der Waals surface area contributed by atoms with Gasteiger partial charge in [-0.05, 0) is 18.6 Å². The molecule has 0 saturated carbocycles. The molecule has 5 nitrogen and oxygen atoms in total. The van der Waals surface area contributed by atoms with Crippen LogP contribution in [0, 0.1) is 6.92 Å². The van der Waals surface area contributed by atoms with Crippen LogP contribution in [0.3, 0.4) is 0 Å². The molecule has 15 heavy (non-hydrogen) atoms. The highest BCUT2D eigenvalue weighted by atomic mass is 32.2. The minimum Gasteiger partial charge on any atom is -0.481 e. The van der Waals surface area contributed by atoms with Crippen molar-refractivity contribution in [1.29, 1.82) is 0 Å². The molecule has 0 atom stereocenters. The fourth-order valence-electron chi connectivity index (χ4n) is 0.876. The van der Waals surface area contributed by atoms with Gasteiger partial charge in [-0.25, -0.2) is 13.6 Å². The second-order valence-electron chi connectivity index (χ2n) is 2.83. The van der Waals surface area contributed by atoms with E-state index in [1.165, 1.54) is 6.07 Å². The maximum absolute atomic E-state index is 10.8. The Morgan fingerprint density at radius 1 is 1.33 bits per heavy atom. The average Bonchev–Trinajstić information content (AvgIpc) is 2.01. The normalized spacial score (nSPS) is 10.1. The number of sulfonamides is 1. The van der Waals surface area contributed by atoms with Crippen LogP contribution in [0.1, 0.15) is 12.5 Å². The number of aryl methyl sites for hydroxylation is 1. The summed E-state index contributed by atoms with van der Waals surface area (Å²) in [5.41, 5.74) is 0.676. The number of rotatable bonds is 1. The van der Waals surface area contributed by atoms with E-state index in [9.17, 15) is 8.42 Å². The van der Waals surface area contributed by atoms with E-state index in [4.69, 9.17) is 15.0 Å². The van der Waals surface area contributed by atoms with Crippen molar-refractivity contribution in [1.82, 2.24) is 0 Å². The number of primary sulfonamides is 1. The summed E-state index contributed by atoms with van der Waals surface area (Å²) in [6, 6.07) is 6.61. The largest absolute Gasteiger partial charge is 0.481 e. The third-order valence-corrected chi connectivity index (χ3v) is 2.47. The number of carboxylic acids is 1. The molecule has 0 amide bonds. The quantitative estimate of drug-likeness (QED) is 0.744. The SMILES string of the molecule is CC(=O)O.Cc1ccccc1S(N)(=O)=O. The second-order valence-corrected chi connectivity index (χ2v) is 4.36. The Morgan fingerprint density at radius 3 is 2.00 bits per heavy atom. The van der Waals surface area contributed by atoms with Crippen LogP contribution >= 0.6 is 0 Å². The second kappa shape index (κ2) is 5.47. The lowest BCUT2D eigenvalue weighted by atomic mass is 10.2. The fourth-order valence-corrected chi connectivity index (χ4v) is 1.66. The van der Waals surface area contributed by atoms with Crippen molar-refractivity contribution < 1.29 is 18.3 Å². The number of hydrogen-bond acceptors (Lipinski definition) is 3. The first kappa shape index (κ1) is 13.6. The highest BCUT2D eigenvalue weighted by molar-refractivity contribution is 7.89. The summed E-state index contributed by atoms with van der Waals surface area (Å²) < 4.78 is 21.7. The predicted octanol–water partition coefficient (Wildman–Crippen LogP) is 0.733. The Morgan fingerprint density at radius 2 is 1.73 bits per heavy atom. The number of aliphatic carboxylic acids is 1. The molecular formula is C9H13NO4S. The van der Waals surface area contributed by atoms with Gasteiger partial charge in [0.15, 0.2) is 0 Å². The summed E-state index contributed by atoms with van der Waals surface area (Å²) in [5, 5.41) is 12.3. The Kier molecular flexibility index (Phi) is 4.96. The van der Waals surface area contributed by atoms with Crippen molar-refractivity contribution in [2.24, 2.45) is 5.14 Å². The van der Waals surface area contributed by atoms with Crippen LogP contribution in [0.4, 0.5) is 0 Å². The Bertz CT molecular complexity index is 435. The van der Waals surface area contributed by atoms with Crippen LogP contribution in [0.5, 0.6) is 0 Å². The lowest BCUT2D eigenvalue weighted by molar-refractivity contribution is -0.134. The molecule has 0 aliphatic carbocycles. The zero-order valence-electron chi connectivity index (χ0n) is 8.47. The first-order valence-electron chi connectivity index (χ1n) is 4.03. The van der Waals surface area contributed by atoms with Crippen molar-refractivity contribution in [2.75, 3.05) is 0 Å². The summed E-state index contributed by atoms with van der Waals surface area (Å²) in [5.74, 6) is -0.833. The van der Waals surface area contributed by atoms with Crippen LogP contribution in [0.2, 0.25) is 0 Å². The van der Waals surface area contributed by atoms with Crippen molar-refractivity contribution in [3.8, 4) is 0 Å². The molecule has 3 N–H and O–H groups in total. The molecule has 1 aromatic carbocycles.